The van der Waals surface area contributed by atoms with Gasteiger partial charge in [0.25, 0.3) is 0 Å². The number of carboxylic acids is 1. The number of aliphatic hydroxyl groups excluding tert-OH is 1. The van der Waals surface area contributed by atoms with Crippen LogP contribution >= 0.6 is 11.3 Å². The molecule has 122 valence electrons. The topological polar surface area (TPSA) is 57.5 Å². The zero-order valence-electron chi connectivity index (χ0n) is 13.2. The highest BCUT2D eigenvalue weighted by Crippen LogP contribution is 2.36. The van der Waals surface area contributed by atoms with E-state index in [-0.39, 0.29) is 0 Å². The van der Waals surface area contributed by atoms with Crippen molar-refractivity contribution < 1.29 is 15.0 Å². The van der Waals surface area contributed by atoms with Gasteiger partial charge >= 0.3 is 5.97 Å². The van der Waals surface area contributed by atoms with Gasteiger partial charge in [0.05, 0.1) is 0 Å². The first-order chi connectivity index (χ1) is 11.6. The first-order valence-electron chi connectivity index (χ1n) is 7.68. The van der Waals surface area contributed by atoms with E-state index in [0.29, 0.717) is 10.4 Å². The number of aliphatic hydroxyl groups is 1. The van der Waals surface area contributed by atoms with Crippen molar-refractivity contribution in [1.82, 2.24) is 0 Å². The maximum Gasteiger partial charge on any atom is 0.314 e. The second kappa shape index (κ2) is 6.99. The number of aryl methyl sites for hydroxylation is 1. The molecule has 1 heterocycles. The van der Waals surface area contributed by atoms with Crippen molar-refractivity contribution in [2.24, 2.45) is 0 Å². The summed E-state index contributed by atoms with van der Waals surface area (Å²) in [6.07, 6.45) is -1.05. The Morgan fingerprint density at radius 2 is 1.58 bits per heavy atom. The Morgan fingerprint density at radius 1 is 0.958 bits per heavy atom. The van der Waals surface area contributed by atoms with Crippen molar-refractivity contribution >= 4 is 17.3 Å². The van der Waals surface area contributed by atoms with E-state index in [1.165, 1.54) is 11.3 Å². The van der Waals surface area contributed by atoms with Crippen LogP contribution in [0, 0.1) is 6.92 Å². The lowest BCUT2D eigenvalue weighted by Gasteiger charge is -2.20. The summed E-state index contributed by atoms with van der Waals surface area (Å²) in [6.45, 7) is 1.88. The Morgan fingerprint density at radius 3 is 2.12 bits per heavy atom. The summed E-state index contributed by atoms with van der Waals surface area (Å²) < 4.78 is 0. The van der Waals surface area contributed by atoms with Crippen molar-refractivity contribution in [1.29, 1.82) is 0 Å². The third kappa shape index (κ3) is 3.25. The van der Waals surface area contributed by atoms with Gasteiger partial charge in [-0.3, -0.25) is 4.79 Å². The molecule has 0 spiro atoms. The molecule has 0 bridgehead atoms. The highest BCUT2D eigenvalue weighted by atomic mass is 32.1. The molecule has 2 aromatic carbocycles. The smallest absolute Gasteiger partial charge is 0.314 e. The highest BCUT2D eigenvalue weighted by Gasteiger charge is 2.31. The minimum atomic E-state index is -1.05. The fourth-order valence-electron chi connectivity index (χ4n) is 2.81. The number of carbonyl (C=O) groups is 1. The minimum Gasteiger partial charge on any atom is -0.481 e. The second-order valence-corrected chi connectivity index (χ2v) is 6.66. The molecule has 0 amide bonds. The quantitative estimate of drug-likeness (QED) is 0.713. The van der Waals surface area contributed by atoms with Crippen molar-refractivity contribution in [3.8, 4) is 11.1 Å². The van der Waals surface area contributed by atoms with Crippen molar-refractivity contribution in [3.63, 3.8) is 0 Å². The zero-order chi connectivity index (χ0) is 17.1. The first-order valence-corrected chi connectivity index (χ1v) is 8.56. The molecule has 0 aliphatic heterocycles. The number of aliphatic carboxylic acids is 1. The number of carboxylic acid groups (broad SMARTS) is 1. The molecule has 1 aromatic heterocycles. The van der Waals surface area contributed by atoms with E-state index in [4.69, 9.17) is 0 Å². The van der Waals surface area contributed by atoms with Crippen LogP contribution in [-0.4, -0.2) is 16.2 Å². The van der Waals surface area contributed by atoms with E-state index in [1.807, 2.05) is 60.8 Å². The van der Waals surface area contributed by atoms with Crippen LogP contribution in [0.5, 0.6) is 0 Å². The molecule has 2 N–H and O–H groups in total. The number of thiophene rings is 1. The van der Waals surface area contributed by atoms with E-state index in [2.05, 4.69) is 0 Å². The number of rotatable bonds is 5. The average molecular weight is 338 g/mol. The minimum absolute atomic E-state index is 0.600. The third-order valence-electron chi connectivity index (χ3n) is 4.13. The normalized spacial score (nSPS) is 13.4. The third-order valence-corrected chi connectivity index (χ3v) is 5.22. The van der Waals surface area contributed by atoms with Crippen LogP contribution in [0.2, 0.25) is 0 Å². The van der Waals surface area contributed by atoms with Crippen LogP contribution in [0.1, 0.15) is 28.0 Å². The second-order valence-electron chi connectivity index (χ2n) is 5.72. The van der Waals surface area contributed by atoms with Crippen LogP contribution in [0.15, 0.2) is 66.0 Å². The lowest BCUT2D eigenvalue weighted by Crippen LogP contribution is -2.19. The molecule has 24 heavy (non-hydrogen) atoms. The molecule has 0 saturated carbocycles. The number of hydrogen-bond donors (Lipinski definition) is 2. The van der Waals surface area contributed by atoms with Gasteiger partial charge in [-0.25, -0.2) is 0 Å². The number of benzene rings is 2. The zero-order valence-corrected chi connectivity index (χ0v) is 14.0. The molecule has 3 nitrogen and oxygen atoms in total. The SMILES string of the molecule is Cc1ccsc1[C@H](O)[C@H](C(=O)O)c1ccc(-c2ccccc2)cc1. The summed E-state index contributed by atoms with van der Waals surface area (Å²) in [4.78, 5) is 12.5. The average Bonchev–Trinajstić information content (AvgIpc) is 3.02. The highest BCUT2D eigenvalue weighted by molar-refractivity contribution is 7.10. The van der Waals surface area contributed by atoms with Crippen molar-refractivity contribution in [2.45, 2.75) is 18.9 Å². The van der Waals surface area contributed by atoms with Crippen LogP contribution in [0.3, 0.4) is 0 Å². The summed E-state index contributed by atoms with van der Waals surface area (Å²) in [5.74, 6) is -2.00. The van der Waals surface area contributed by atoms with E-state index < -0.39 is 18.0 Å². The fraction of sp³-hybridized carbons (Fsp3) is 0.150. The Labute approximate surface area is 144 Å². The van der Waals surface area contributed by atoms with Gasteiger partial charge in [-0.05, 0) is 40.6 Å². The molecule has 0 unspecified atom stereocenters. The molecule has 0 fully saturated rings. The van der Waals surface area contributed by atoms with Crippen LogP contribution in [0.25, 0.3) is 11.1 Å². The maximum absolute atomic E-state index is 11.7. The molecule has 2 atom stereocenters. The molecular weight excluding hydrogens is 320 g/mol. The van der Waals surface area contributed by atoms with E-state index in [1.54, 1.807) is 12.1 Å². The van der Waals surface area contributed by atoms with Crippen LogP contribution in [-0.2, 0) is 4.79 Å². The number of hydrogen-bond acceptors (Lipinski definition) is 3. The summed E-state index contributed by atoms with van der Waals surface area (Å²) in [6, 6.07) is 19.2. The van der Waals surface area contributed by atoms with Crippen molar-refractivity contribution in [3.05, 3.63) is 82.0 Å². The molecule has 0 aliphatic carbocycles. The first kappa shape index (κ1) is 16.4. The standard InChI is InChI=1S/C20H18O3S/c1-13-11-12-24-19(13)18(21)17(20(22)23)16-9-7-15(8-10-16)14-5-3-2-4-6-14/h2-12,17-18,21H,1H3,(H,22,23)/t17-,18-/m1/s1. The summed E-state index contributed by atoms with van der Waals surface area (Å²) in [7, 11) is 0. The van der Waals surface area contributed by atoms with Crippen LogP contribution in [0.4, 0.5) is 0 Å². The van der Waals surface area contributed by atoms with Crippen molar-refractivity contribution in [2.75, 3.05) is 0 Å². The van der Waals surface area contributed by atoms with Gasteiger partial charge in [-0.1, -0.05) is 54.6 Å². The molecule has 3 rings (SSSR count). The lowest BCUT2D eigenvalue weighted by atomic mass is 9.90. The van der Waals surface area contributed by atoms with Gasteiger partial charge < -0.3 is 10.2 Å². The fourth-order valence-corrected chi connectivity index (χ4v) is 3.76. The predicted molar refractivity (Wildman–Crippen MR) is 96.3 cm³/mol. The van der Waals surface area contributed by atoms with E-state index >= 15 is 0 Å². The summed E-state index contributed by atoms with van der Waals surface area (Å²) in [5.41, 5.74) is 3.61. The van der Waals surface area contributed by atoms with Gasteiger partial charge in [-0.2, -0.15) is 0 Å². The summed E-state index contributed by atoms with van der Waals surface area (Å²) >= 11 is 1.38. The molecule has 3 aromatic rings. The molecule has 4 heteroatoms. The molecular formula is C20H18O3S. The Balaban J connectivity index is 1.92. The van der Waals surface area contributed by atoms with Gasteiger partial charge in [0.2, 0.25) is 0 Å². The van der Waals surface area contributed by atoms with Gasteiger partial charge in [0.15, 0.2) is 0 Å². The molecule has 0 saturated heterocycles. The monoisotopic (exact) mass is 338 g/mol. The Kier molecular flexibility index (Phi) is 4.79. The maximum atomic E-state index is 11.7. The van der Waals surface area contributed by atoms with E-state index in [0.717, 1.165) is 16.7 Å². The Hall–Kier alpha value is -2.43. The summed E-state index contributed by atoms with van der Waals surface area (Å²) in [5, 5.41) is 22.1. The molecule has 0 aliphatic rings. The Bertz CT molecular complexity index is 822. The molecule has 0 radical (unpaired) electrons. The lowest BCUT2D eigenvalue weighted by molar-refractivity contribution is -0.141. The predicted octanol–water partition coefficient (Wildman–Crippen LogP) is 4.63. The van der Waals surface area contributed by atoms with Gasteiger partial charge in [0.1, 0.15) is 12.0 Å². The largest absolute Gasteiger partial charge is 0.481 e. The van der Waals surface area contributed by atoms with Gasteiger partial charge in [0, 0.05) is 4.88 Å². The van der Waals surface area contributed by atoms with E-state index in [9.17, 15) is 15.0 Å². The van der Waals surface area contributed by atoms with Crippen LogP contribution < -0.4 is 0 Å². The van der Waals surface area contributed by atoms with Gasteiger partial charge in [-0.15, -0.1) is 11.3 Å².